The fraction of sp³-hybridized carbons (Fsp3) is 0.643. The summed E-state index contributed by atoms with van der Waals surface area (Å²) in [5, 5.41) is 3.46. The lowest BCUT2D eigenvalue weighted by molar-refractivity contribution is 0.0784. The van der Waals surface area contributed by atoms with E-state index in [4.69, 9.17) is 0 Å². The monoisotopic (exact) mass is 233 g/mol. The summed E-state index contributed by atoms with van der Waals surface area (Å²) in [5.74, 6) is 0.835. The Kier molecular flexibility index (Phi) is 4.51. The first-order valence-electron chi connectivity index (χ1n) is 6.61. The SMILES string of the molecule is CCNCC1CCC1N(C)Cc1ccncc1. The van der Waals surface area contributed by atoms with Crippen molar-refractivity contribution in [1.29, 1.82) is 0 Å². The van der Waals surface area contributed by atoms with E-state index in [0.29, 0.717) is 0 Å². The summed E-state index contributed by atoms with van der Waals surface area (Å²) in [6.45, 7) is 5.46. The zero-order chi connectivity index (χ0) is 12.1. The van der Waals surface area contributed by atoms with E-state index in [9.17, 15) is 0 Å². The lowest BCUT2D eigenvalue weighted by Crippen LogP contribution is -2.48. The number of rotatable bonds is 6. The van der Waals surface area contributed by atoms with Gasteiger partial charge < -0.3 is 5.32 Å². The molecule has 1 aliphatic carbocycles. The van der Waals surface area contributed by atoms with Gasteiger partial charge in [0.05, 0.1) is 0 Å². The van der Waals surface area contributed by atoms with Crippen molar-refractivity contribution in [1.82, 2.24) is 15.2 Å². The van der Waals surface area contributed by atoms with Gasteiger partial charge in [0.2, 0.25) is 0 Å². The van der Waals surface area contributed by atoms with E-state index >= 15 is 0 Å². The van der Waals surface area contributed by atoms with Crippen LogP contribution in [0.4, 0.5) is 0 Å². The van der Waals surface area contributed by atoms with Crippen LogP contribution in [0, 0.1) is 5.92 Å². The third-order valence-electron chi connectivity index (χ3n) is 3.78. The van der Waals surface area contributed by atoms with E-state index in [1.807, 2.05) is 12.4 Å². The van der Waals surface area contributed by atoms with E-state index in [2.05, 4.69) is 41.3 Å². The normalized spacial score (nSPS) is 23.7. The van der Waals surface area contributed by atoms with Crippen molar-refractivity contribution < 1.29 is 0 Å². The van der Waals surface area contributed by atoms with Gasteiger partial charge in [-0.25, -0.2) is 0 Å². The van der Waals surface area contributed by atoms with Crippen LogP contribution in [0.25, 0.3) is 0 Å². The molecule has 0 saturated heterocycles. The van der Waals surface area contributed by atoms with Crippen molar-refractivity contribution in [3.05, 3.63) is 30.1 Å². The minimum Gasteiger partial charge on any atom is -0.317 e. The molecule has 0 aromatic carbocycles. The lowest BCUT2D eigenvalue weighted by Gasteiger charge is -2.43. The van der Waals surface area contributed by atoms with Crippen LogP contribution in [0.1, 0.15) is 25.3 Å². The predicted octanol–water partition coefficient (Wildman–Crippen LogP) is 1.90. The number of pyridine rings is 1. The maximum atomic E-state index is 4.06. The fourth-order valence-electron chi connectivity index (χ4n) is 2.59. The molecular weight excluding hydrogens is 210 g/mol. The van der Waals surface area contributed by atoms with Crippen LogP contribution in [0.5, 0.6) is 0 Å². The Morgan fingerprint density at radius 3 is 2.71 bits per heavy atom. The van der Waals surface area contributed by atoms with Gasteiger partial charge >= 0.3 is 0 Å². The second-order valence-electron chi connectivity index (χ2n) is 4.98. The first kappa shape index (κ1) is 12.5. The topological polar surface area (TPSA) is 28.2 Å². The summed E-state index contributed by atoms with van der Waals surface area (Å²) in [6, 6.07) is 4.96. The molecule has 1 aliphatic rings. The van der Waals surface area contributed by atoms with Gasteiger partial charge in [0.15, 0.2) is 0 Å². The molecule has 1 heterocycles. The molecule has 3 nitrogen and oxygen atoms in total. The van der Waals surface area contributed by atoms with Gasteiger partial charge in [-0.3, -0.25) is 9.88 Å². The fourth-order valence-corrected chi connectivity index (χ4v) is 2.59. The van der Waals surface area contributed by atoms with Gasteiger partial charge in [0, 0.05) is 25.0 Å². The average Bonchev–Trinajstić information content (AvgIpc) is 2.29. The summed E-state index contributed by atoms with van der Waals surface area (Å²) in [5.41, 5.74) is 1.36. The van der Waals surface area contributed by atoms with Crippen molar-refractivity contribution >= 4 is 0 Å². The second kappa shape index (κ2) is 6.12. The van der Waals surface area contributed by atoms with Crippen molar-refractivity contribution in [3.8, 4) is 0 Å². The third kappa shape index (κ3) is 3.27. The summed E-state index contributed by atoms with van der Waals surface area (Å²) in [4.78, 5) is 6.55. The second-order valence-corrected chi connectivity index (χ2v) is 4.98. The van der Waals surface area contributed by atoms with Gasteiger partial charge in [-0.05, 0) is 56.6 Å². The van der Waals surface area contributed by atoms with Crippen molar-refractivity contribution in [2.75, 3.05) is 20.1 Å². The van der Waals surface area contributed by atoms with E-state index < -0.39 is 0 Å². The highest BCUT2D eigenvalue weighted by Crippen LogP contribution is 2.31. The van der Waals surface area contributed by atoms with Crippen LogP contribution in [0.3, 0.4) is 0 Å². The first-order valence-corrected chi connectivity index (χ1v) is 6.61. The van der Waals surface area contributed by atoms with Crippen LogP contribution in [0.2, 0.25) is 0 Å². The molecule has 2 rings (SSSR count). The molecule has 1 N–H and O–H groups in total. The van der Waals surface area contributed by atoms with Gasteiger partial charge in [-0.2, -0.15) is 0 Å². The highest BCUT2D eigenvalue weighted by Gasteiger charge is 2.33. The van der Waals surface area contributed by atoms with Gasteiger partial charge in [0.25, 0.3) is 0 Å². The number of aromatic nitrogens is 1. The molecule has 1 aromatic heterocycles. The highest BCUT2D eigenvalue weighted by atomic mass is 15.1. The summed E-state index contributed by atoms with van der Waals surface area (Å²) < 4.78 is 0. The zero-order valence-electron chi connectivity index (χ0n) is 10.9. The highest BCUT2D eigenvalue weighted by molar-refractivity contribution is 5.09. The maximum absolute atomic E-state index is 4.06. The van der Waals surface area contributed by atoms with E-state index in [1.165, 1.54) is 24.9 Å². The quantitative estimate of drug-likeness (QED) is 0.813. The summed E-state index contributed by atoms with van der Waals surface area (Å²) >= 11 is 0. The number of nitrogens with zero attached hydrogens (tertiary/aromatic N) is 2. The van der Waals surface area contributed by atoms with Crippen LogP contribution in [-0.2, 0) is 6.54 Å². The van der Waals surface area contributed by atoms with Crippen molar-refractivity contribution in [3.63, 3.8) is 0 Å². The van der Waals surface area contributed by atoms with Crippen LogP contribution in [0.15, 0.2) is 24.5 Å². The molecule has 3 heteroatoms. The Hall–Kier alpha value is -0.930. The minimum absolute atomic E-state index is 0.752. The van der Waals surface area contributed by atoms with Gasteiger partial charge in [-0.1, -0.05) is 6.92 Å². The summed E-state index contributed by atoms with van der Waals surface area (Å²) in [6.07, 6.45) is 6.47. The molecule has 1 aromatic rings. The van der Waals surface area contributed by atoms with Crippen LogP contribution in [-0.4, -0.2) is 36.1 Å². The molecule has 1 fully saturated rings. The molecule has 0 radical (unpaired) electrons. The smallest absolute Gasteiger partial charge is 0.0271 e. The maximum Gasteiger partial charge on any atom is 0.0271 e. The first-order chi connectivity index (χ1) is 8.31. The molecule has 2 atom stereocenters. The number of hydrogen-bond donors (Lipinski definition) is 1. The largest absolute Gasteiger partial charge is 0.317 e. The van der Waals surface area contributed by atoms with E-state index in [0.717, 1.165) is 25.0 Å². The molecule has 0 bridgehead atoms. The van der Waals surface area contributed by atoms with Crippen LogP contribution >= 0.6 is 0 Å². The van der Waals surface area contributed by atoms with Crippen molar-refractivity contribution in [2.45, 2.75) is 32.4 Å². The van der Waals surface area contributed by atoms with Gasteiger partial charge in [-0.15, -0.1) is 0 Å². The third-order valence-corrected chi connectivity index (χ3v) is 3.78. The molecular formula is C14H23N3. The van der Waals surface area contributed by atoms with E-state index in [1.54, 1.807) is 0 Å². The molecule has 0 amide bonds. The average molecular weight is 233 g/mol. The Labute approximate surface area is 104 Å². The Morgan fingerprint density at radius 1 is 1.35 bits per heavy atom. The number of nitrogens with one attached hydrogen (secondary N) is 1. The van der Waals surface area contributed by atoms with Gasteiger partial charge in [0.1, 0.15) is 0 Å². The molecule has 1 saturated carbocycles. The predicted molar refractivity (Wildman–Crippen MR) is 70.8 cm³/mol. The molecule has 2 unspecified atom stereocenters. The number of hydrogen-bond acceptors (Lipinski definition) is 3. The standard InChI is InChI=1S/C14H23N3/c1-3-15-10-13-4-5-14(13)17(2)11-12-6-8-16-9-7-12/h6-9,13-15H,3-5,10-11H2,1-2H3. The Morgan fingerprint density at radius 2 is 2.12 bits per heavy atom. The van der Waals surface area contributed by atoms with Crippen molar-refractivity contribution in [2.24, 2.45) is 5.92 Å². The molecule has 94 valence electrons. The molecule has 0 aliphatic heterocycles. The minimum atomic E-state index is 0.752. The zero-order valence-corrected chi connectivity index (χ0v) is 10.9. The Balaban J connectivity index is 1.82. The summed E-state index contributed by atoms with van der Waals surface area (Å²) in [7, 11) is 2.24. The van der Waals surface area contributed by atoms with Crippen LogP contribution < -0.4 is 5.32 Å². The Bertz CT molecular complexity index is 325. The van der Waals surface area contributed by atoms with E-state index in [-0.39, 0.29) is 0 Å². The lowest BCUT2D eigenvalue weighted by atomic mass is 9.78. The molecule has 17 heavy (non-hydrogen) atoms. The molecule has 0 spiro atoms.